The first-order chi connectivity index (χ1) is 11.4. The molecule has 2 aliphatic heterocycles. The summed E-state index contributed by atoms with van der Waals surface area (Å²) >= 11 is 0. The summed E-state index contributed by atoms with van der Waals surface area (Å²) in [6.45, 7) is 11.1. The van der Waals surface area contributed by atoms with E-state index in [2.05, 4.69) is 35.6 Å². The van der Waals surface area contributed by atoms with Crippen LogP contribution in [0.4, 0.5) is 0 Å². The molecule has 0 bridgehead atoms. The SMILES string of the molecule is CCC(=O)N1CCC[C@@H]1[C@H]1CCCN1Cc1ncc(C(C)(C)C)o1. The fraction of sp³-hybridized carbons (Fsp3) is 0.789. The smallest absolute Gasteiger partial charge is 0.222 e. The zero-order chi connectivity index (χ0) is 17.3. The third-order valence-corrected chi connectivity index (χ3v) is 5.41. The Balaban J connectivity index is 1.69. The van der Waals surface area contributed by atoms with Crippen molar-refractivity contribution < 1.29 is 9.21 Å². The molecule has 2 fully saturated rings. The third kappa shape index (κ3) is 3.51. The van der Waals surface area contributed by atoms with Gasteiger partial charge in [0.25, 0.3) is 0 Å². The zero-order valence-corrected chi connectivity index (χ0v) is 15.5. The quantitative estimate of drug-likeness (QED) is 0.848. The maximum atomic E-state index is 12.2. The van der Waals surface area contributed by atoms with Crippen LogP contribution in [0.25, 0.3) is 0 Å². The number of aromatic nitrogens is 1. The number of rotatable bonds is 4. The Bertz CT molecular complexity index is 575. The summed E-state index contributed by atoms with van der Waals surface area (Å²) in [7, 11) is 0. The van der Waals surface area contributed by atoms with Crippen molar-refractivity contribution >= 4 is 5.91 Å². The van der Waals surface area contributed by atoms with Crippen LogP contribution in [0.1, 0.15) is 71.5 Å². The van der Waals surface area contributed by atoms with Crippen molar-refractivity contribution in [2.75, 3.05) is 13.1 Å². The van der Waals surface area contributed by atoms with Gasteiger partial charge in [0.15, 0.2) is 0 Å². The van der Waals surface area contributed by atoms with Crippen LogP contribution in [0.5, 0.6) is 0 Å². The predicted molar refractivity (Wildman–Crippen MR) is 93.7 cm³/mol. The molecule has 0 radical (unpaired) electrons. The molecule has 0 aliphatic carbocycles. The summed E-state index contributed by atoms with van der Waals surface area (Å²) in [5.41, 5.74) is -0.00847. The van der Waals surface area contributed by atoms with Crippen molar-refractivity contribution in [3.8, 4) is 0 Å². The lowest BCUT2D eigenvalue weighted by Gasteiger charge is -2.34. The Morgan fingerprint density at radius 2 is 1.96 bits per heavy atom. The summed E-state index contributed by atoms with van der Waals surface area (Å²) < 4.78 is 5.98. The van der Waals surface area contributed by atoms with Gasteiger partial charge < -0.3 is 9.32 Å². The summed E-state index contributed by atoms with van der Waals surface area (Å²) in [5, 5.41) is 0. The molecule has 5 nitrogen and oxygen atoms in total. The molecule has 2 atom stereocenters. The average Bonchev–Trinajstić information content (AvgIpc) is 3.25. The molecule has 2 saturated heterocycles. The minimum atomic E-state index is -0.00847. The van der Waals surface area contributed by atoms with Gasteiger partial charge >= 0.3 is 0 Å². The normalized spacial score (nSPS) is 25.6. The molecule has 1 aromatic heterocycles. The van der Waals surface area contributed by atoms with Crippen molar-refractivity contribution in [3.63, 3.8) is 0 Å². The number of hydrogen-bond acceptors (Lipinski definition) is 4. The standard InChI is InChI=1S/C19H31N3O2/c1-5-18(23)22-11-7-9-15(22)14-8-6-10-21(14)13-17-20-12-16(24-17)19(2,3)4/h12,14-15H,5-11,13H2,1-4H3/t14-,15-/m1/s1. The highest BCUT2D eigenvalue weighted by atomic mass is 16.4. The highest BCUT2D eigenvalue weighted by molar-refractivity contribution is 5.76. The number of likely N-dealkylation sites (tertiary alicyclic amines) is 2. The van der Waals surface area contributed by atoms with E-state index in [-0.39, 0.29) is 5.41 Å². The molecule has 134 valence electrons. The first-order valence-corrected chi connectivity index (χ1v) is 9.39. The fourth-order valence-corrected chi connectivity index (χ4v) is 4.09. The van der Waals surface area contributed by atoms with Crippen LogP contribution in [0.3, 0.4) is 0 Å². The van der Waals surface area contributed by atoms with E-state index >= 15 is 0 Å². The average molecular weight is 333 g/mol. The first kappa shape index (κ1) is 17.5. The number of nitrogens with zero attached hydrogens (tertiary/aromatic N) is 3. The summed E-state index contributed by atoms with van der Waals surface area (Å²) in [5.74, 6) is 2.05. The van der Waals surface area contributed by atoms with Gasteiger partial charge in [0.2, 0.25) is 11.8 Å². The van der Waals surface area contributed by atoms with E-state index in [1.54, 1.807) is 0 Å². The van der Waals surface area contributed by atoms with Crippen molar-refractivity contribution in [2.24, 2.45) is 0 Å². The molecule has 1 amide bonds. The summed E-state index contributed by atoms with van der Waals surface area (Å²) in [4.78, 5) is 21.3. The molecular formula is C19H31N3O2. The molecule has 0 N–H and O–H groups in total. The van der Waals surface area contributed by atoms with Gasteiger partial charge in [-0.2, -0.15) is 0 Å². The number of oxazole rings is 1. The lowest BCUT2D eigenvalue weighted by Crippen LogP contribution is -2.47. The van der Waals surface area contributed by atoms with E-state index in [0.717, 1.165) is 44.1 Å². The highest BCUT2D eigenvalue weighted by Crippen LogP contribution is 2.32. The second kappa shape index (κ2) is 6.87. The molecule has 1 aromatic rings. The van der Waals surface area contributed by atoms with Crippen LogP contribution in [0.2, 0.25) is 0 Å². The maximum Gasteiger partial charge on any atom is 0.222 e. The van der Waals surface area contributed by atoms with E-state index in [1.807, 2.05) is 13.1 Å². The van der Waals surface area contributed by atoms with Gasteiger partial charge in [-0.1, -0.05) is 27.7 Å². The molecule has 24 heavy (non-hydrogen) atoms. The van der Waals surface area contributed by atoms with Crippen molar-refractivity contribution in [1.82, 2.24) is 14.8 Å². The fourth-order valence-electron chi connectivity index (χ4n) is 4.09. The molecule has 3 rings (SSSR count). The molecular weight excluding hydrogens is 302 g/mol. The van der Waals surface area contributed by atoms with E-state index < -0.39 is 0 Å². The first-order valence-electron chi connectivity index (χ1n) is 9.39. The van der Waals surface area contributed by atoms with E-state index in [1.165, 1.54) is 12.8 Å². The van der Waals surface area contributed by atoms with Gasteiger partial charge in [0.05, 0.1) is 12.7 Å². The van der Waals surface area contributed by atoms with Crippen molar-refractivity contribution in [2.45, 2.75) is 83.8 Å². The Kier molecular flexibility index (Phi) is 5.00. The number of carbonyl (C=O) groups is 1. The molecule has 0 spiro atoms. The Labute approximate surface area is 145 Å². The van der Waals surface area contributed by atoms with E-state index in [4.69, 9.17) is 4.42 Å². The van der Waals surface area contributed by atoms with Crippen LogP contribution in [-0.4, -0.2) is 45.9 Å². The molecule has 0 aromatic carbocycles. The van der Waals surface area contributed by atoms with Gasteiger partial charge in [-0.3, -0.25) is 9.69 Å². The second-order valence-electron chi connectivity index (χ2n) is 8.20. The van der Waals surface area contributed by atoms with Gasteiger partial charge in [-0.05, 0) is 32.2 Å². The molecule has 0 unspecified atom stereocenters. The summed E-state index contributed by atoms with van der Waals surface area (Å²) in [6, 6.07) is 0.824. The van der Waals surface area contributed by atoms with E-state index in [9.17, 15) is 4.79 Å². The maximum absolute atomic E-state index is 12.2. The minimum absolute atomic E-state index is 0.00847. The van der Waals surface area contributed by atoms with Crippen molar-refractivity contribution in [3.05, 3.63) is 17.8 Å². The Hall–Kier alpha value is -1.36. The number of carbonyl (C=O) groups excluding carboxylic acids is 1. The van der Waals surface area contributed by atoms with Gasteiger partial charge in [-0.15, -0.1) is 0 Å². The van der Waals surface area contributed by atoms with Crippen LogP contribution in [-0.2, 0) is 16.8 Å². The zero-order valence-electron chi connectivity index (χ0n) is 15.5. The van der Waals surface area contributed by atoms with Crippen LogP contribution in [0.15, 0.2) is 10.6 Å². The lowest BCUT2D eigenvalue weighted by molar-refractivity contribution is -0.132. The van der Waals surface area contributed by atoms with Crippen LogP contribution < -0.4 is 0 Å². The minimum Gasteiger partial charge on any atom is -0.444 e. The monoisotopic (exact) mass is 333 g/mol. The number of amides is 1. The van der Waals surface area contributed by atoms with Crippen LogP contribution >= 0.6 is 0 Å². The lowest BCUT2D eigenvalue weighted by atomic mass is 9.94. The van der Waals surface area contributed by atoms with E-state index in [0.29, 0.717) is 24.4 Å². The van der Waals surface area contributed by atoms with Crippen molar-refractivity contribution in [1.29, 1.82) is 0 Å². The Morgan fingerprint density at radius 3 is 2.62 bits per heavy atom. The topological polar surface area (TPSA) is 49.6 Å². The highest BCUT2D eigenvalue weighted by Gasteiger charge is 2.39. The van der Waals surface area contributed by atoms with Gasteiger partial charge in [-0.25, -0.2) is 4.98 Å². The second-order valence-corrected chi connectivity index (χ2v) is 8.20. The molecule has 0 saturated carbocycles. The molecule has 2 aliphatic rings. The molecule has 3 heterocycles. The largest absolute Gasteiger partial charge is 0.444 e. The summed E-state index contributed by atoms with van der Waals surface area (Å²) in [6.07, 6.45) is 7.10. The van der Waals surface area contributed by atoms with Gasteiger partial charge in [0, 0.05) is 30.5 Å². The number of hydrogen-bond donors (Lipinski definition) is 0. The Morgan fingerprint density at radius 1 is 1.25 bits per heavy atom. The third-order valence-electron chi connectivity index (χ3n) is 5.41. The molecule has 5 heteroatoms. The predicted octanol–water partition coefficient (Wildman–Crippen LogP) is 3.34. The van der Waals surface area contributed by atoms with Crippen LogP contribution in [0, 0.1) is 0 Å². The van der Waals surface area contributed by atoms with Gasteiger partial charge in [0.1, 0.15) is 5.76 Å².